The van der Waals surface area contributed by atoms with Crippen molar-refractivity contribution in [3.63, 3.8) is 0 Å². The van der Waals surface area contributed by atoms with Crippen molar-refractivity contribution in [2.45, 2.75) is 25.0 Å². The average Bonchev–Trinajstić information content (AvgIpc) is 3.05. The third-order valence-electron chi connectivity index (χ3n) is 3.92. The molecule has 1 saturated heterocycles. The van der Waals surface area contributed by atoms with Crippen LogP contribution in [-0.2, 0) is 17.5 Å². The third kappa shape index (κ3) is 6.42. The van der Waals surface area contributed by atoms with Gasteiger partial charge in [-0.3, -0.25) is 4.68 Å². The minimum Gasteiger partial charge on any atom is -0.475 e. The molecule has 1 aromatic heterocycles. The molecule has 0 bridgehead atoms. The molecule has 1 unspecified atom stereocenters. The van der Waals surface area contributed by atoms with Crippen molar-refractivity contribution in [3.8, 4) is 0 Å². The Kier molecular flexibility index (Phi) is 6.85. The van der Waals surface area contributed by atoms with E-state index in [1.54, 1.807) is 10.9 Å². The highest BCUT2D eigenvalue weighted by Crippen LogP contribution is 2.31. The second-order valence-corrected chi connectivity index (χ2v) is 6.22. The molecule has 0 radical (unpaired) electrons. The van der Waals surface area contributed by atoms with Gasteiger partial charge in [-0.1, -0.05) is 17.3 Å². The lowest BCUT2D eigenvalue weighted by molar-refractivity contribution is -0.192. The SMILES string of the molecule is O=C(O)C(F)(F)F.OC(c1cccc(C(F)(F)F)c1)c1cn(CC2CNC2)nn1. The maximum Gasteiger partial charge on any atom is 0.490 e. The topological polar surface area (TPSA) is 100 Å². The zero-order valence-electron chi connectivity index (χ0n) is 14.6. The second-order valence-electron chi connectivity index (χ2n) is 6.22. The van der Waals surface area contributed by atoms with Gasteiger partial charge >= 0.3 is 18.3 Å². The number of benzene rings is 1. The summed E-state index contributed by atoms with van der Waals surface area (Å²) in [6, 6.07) is 4.61. The molecule has 1 aliphatic rings. The number of alkyl halides is 6. The largest absolute Gasteiger partial charge is 0.490 e. The molecule has 0 spiro atoms. The fourth-order valence-corrected chi connectivity index (χ4v) is 2.33. The number of carbonyl (C=O) groups is 1. The van der Waals surface area contributed by atoms with Crippen LogP contribution in [0.15, 0.2) is 30.5 Å². The van der Waals surface area contributed by atoms with Gasteiger partial charge in [-0.15, -0.1) is 5.10 Å². The molecule has 0 saturated carbocycles. The van der Waals surface area contributed by atoms with Gasteiger partial charge in [-0.2, -0.15) is 26.3 Å². The van der Waals surface area contributed by atoms with Crippen molar-refractivity contribution in [2.24, 2.45) is 5.92 Å². The van der Waals surface area contributed by atoms with Crippen LogP contribution in [0.2, 0.25) is 0 Å². The summed E-state index contributed by atoms with van der Waals surface area (Å²) < 4.78 is 71.5. The Labute approximate surface area is 159 Å². The minimum absolute atomic E-state index is 0.146. The minimum atomic E-state index is -5.08. The Morgan fingerprint density at radius 1 is 1.24 bits per heavy atom. The van der Waals surface area contributed by atoms with Crippen LogP contribution in [-0.4, -0.2) is 50.4 Å². The van der Waals surface area contributed by atoms with Crippen LogP contribution in [0.5, 0.6) is 0 Å². The van der Waals surface area contributed by atoms with E-state index in [0.717, 1.165) is 25.2 Å². The van der Waals surface area contributed by atoms with Gasteiger partial charge in [-0.25, -0.2) is 4.79 Å². The summed E-state index contributed by atoms with van der Waals surface area (Å²) in [5.74, 6) is -2.28. The van der Waals surface area contributed by atoms with E-state index in [1.807, 2.05) is 0 Å². The number of nitrogens with zero attached hydrogens (tertiary/aromatic N) is 3. The standard InChI is InChI=1S/C14H15F3N4O.C2HF3O2/c15-14(16,17)11-3-1-2-10(4-11)13(22)12-8-21(20-19-12)7-9-5-18-6-9;3-2(4,5)1(6)7/h1-4,8-9,13,18,22H,5-7H2;(H,6,7). The average molecular weight is 426 g/mol. The van der Waals surface area contributed by atoms with E-state index in [4.69, 9.17) is 9.90 Å². The Morgan fingerprint density at radius 3 is 2.34 bits per heavy atom. The molecule has 2 heterocycles. The highest BCUT2D eigenvalue weighted by molar-refractivity contribution is 5.73. The van der Waals surface area contributed by atoms with Crippen LogP contribution in [0.4, 0.5) is 26.3 Å². The summed E-state index contributed by atoms with van der Waals surface area (Å²) in [5.41, 5.74) is -0.407. The number of carboxylic acid groups (broad SMARTS) is 1. The molecule has 13 heteroatoms. The molecule has 160 valence electrons. The van der Waals surface area contributed by atoms with Gasteiger partial charge in [0.15, 0.2) is 0 Å². The van der Waals surface area contributed by atoms with Gasteiger partial charge in [0.05, 0.1) is 11.8 Å². The fraction of sp³-hybridized carbons (Fsp3) is 0.438. The molecular weight excluding hydrogens is 410 g/mol. The molecule has 1 aliphatic heterocycles. The molecule has 0 amide bonds. The Morgan fingerprint density at radius 2 is 1.86 bits per heavy atom. The number of aliphatic carboxylic acids is 1. The highest BCUT2D eigenvalue weighted by Gasteiger charge is 2.38. The number of carboxylic acids is 1. The first-order valence-electron chi connectivity index (χ1n) is 8.14. The summed E-state index contributed by atoms with van der Waals surface area (Å²) in [4.78, 5) is 8.90. The van der Waals surface area contributed by atoms with Crippen LogP contribution in [0.1, 0.15) is 22.9 Å². The smallest absolute Gasteiger partial charge is 0.475 e. The molecule has 7 nitrogen and oxygen atoms in total. The van der Waals surface area contributed by atoms with E-state index in [0.29, 0.717) is 12.5 Å². The summed E-state index contributed by atoms with van der Waals surface area (Å²) in [7, 11) is 0. The summed E-state index contributed by atoms with van der Waals surface area (Å²) in [6.07, 6.45) is -9.18. The molecular formula is C16H16F6N4O3. The zero-order valence-corrected chi connectivity index (χ0v) is 14.6. The Balaban J connectivity index is 0.000000370. The van der Waals surface area contributed by atoms with E-state index in [1.165, 1.54) is 12.1 Å². The lowest BCUT2D eigenvalue weighted by atomic mass is 10.0. The van der Waals surface area contributed by atoms with E-state index in [-0.39, 0.29) is 11.3 Å². The lowest BCUT2D eigenvalue weighted by Crippen LogP contribution is -2.44. The van der Waals surface area contributed by atoms with Crippen molar-refractivity contribution < 1.29 is 41.4 Å². The van der Waals surface area contributed by atoms with Gasteiger partial charge in [0.25, 0.3) is 0 Å². The van der Waals surface area contributed by atoms with E-state index in [2.05, 4.69) is 15.6 Å². The summed E-state index contributed by atoms with van der Waals surface area (Å²) >= 11 is 0. The fourth-order valence-electron chi connectivity index (χ4n) is 2.33. The maximum atomic E-state index is 12.7. The van der Waals surface area contributed by atoms with Gasteiger partial charge in [-0.05, 0) is 17.7 Å². The molecule has 1 aromatic carbocycles. The quantitative estimate of drug-likeness (QED) is 0.649. The van der Waals surface area contributed by atoms with Crippen molar-refractivity contribution in [3.05, 3.63) is 47.3 Å². The zero-order chi connectivity index (χ0) is 21.8. The lowest BCUT2D eigenvalue weighted by Gasteiger charge is -2.26. The summed E-state index contributed by atoms with van der Waals surface area (Å²) in [6.45, 7) is 2.49. The molecule has 0 aliphatic carbocycles. The molecule has 2 aromatic rings. The summed E-state index contributed by atoms with van der Waals surface area (Å²) in [5, 5.41) is 28.2. The Bertz CT molecular complexity index is 833. The first kappa shape index (κ1) is 22.6. The van der Waals surface area contributed by atoms with Gasteiger partial charge in [0.2, 0.25) is 0 Å². The van der Waals surface area contributed by atoms with Crippen LogP contribution >= 0.6 is 0 Å². The molecule has 1 fully saturated rings. The number of halogens is 6. The van der Waals surface area contributed by atoms with Gasteiger partial charge in [0, 0.05) is 25.6 Å². The molecule has 1 atom stereocenters. The normalized spacial score (nSPS) is 15.8. The highest BCUT2D eigenvalue weighted by atomic mass is 19.4. The monoisotopic (exact) mass is 426 g/mol. The van der Waals surface area contributed by atoms with Crippen molar-refractivity contribution in [1.29, 1.82) is 0 Å². The van der Waals surface area contributed by atoms with Crippen LogP contribution in [0, 0.1) is 5.92 Å². The predicted molar refractivity (Wildman–Crippen MR) is 85.6 cm³/mol. The first-order chi connectivity index (χ1) is 13.4. The number of aromatic nitrogens is 3. The first-order valence-corrected chi connectivity index (χ1v) is 8.14. The number of hydrogen-bond donors (Lipinski definition) is 3. The third-order valence-corrected chi connectivity index (χ3v) is 3.92. The molecule has 3 N–H and O–H groups in total. The van der Waals surface area contributed by atoms with Crippen molar-refractivity contribution in [1.82, 2.24) is 20.3 Å². The van der Waals surface area contributed by atoms with Crippen molar-refractivity contribution in [2.75, 3.05) is 13.1 Å². The second kappa shape index (κ2) is 8.78. The van der Waals surface area contributed by atoms with Crippen molar-refractivity contribution >= 4 is 5.97 Å². The molecule has 29 heavy (non-hydrogen) atoms. The Hall–Kier alpha value is -2.67. The van der Waals surface area contributed by atoms with Crippen LogP contribution in [0.25, 0.3) is 0 Å². The maximum absolute atomic E-state index is 12.7. The van der Waals surface area contributed by atoms with Gasteiger partial charge in [0.1, 0.15) is 11.8 Å². The van der Waals surface area contributed by atoms with Crippen LogP contribution in [0.3, 0.4) is 0 Å². The van der Waals surface area contributed by atoms with E-state index < -0.39 is 30.0 Å². The number of aliphatic hydroxyl groups is 1. The van der Waals surface area contributed by atoms with E-state index >= 15 is 0 Å². The van der Waals surface area contributed by atoms with E-state index in [9.17, 15) is 31.4 Å². The number of nitrogens with one attached hydrogen (secondary N) is 1. The number of hydrogen-bond acceptors (Lipinski definition) is 5. The van der Waals surface area contributed by atoms with Gasteiger partial charge < -0.3 is 15.5 Å². The number of rotatable bonds is 4. The number of aliphatic hydroxyl groups excluding tert-OH is 1. The van der Waals surface area contributed by atoms with Crippen LogP contribution < -0.4 is 5.32 Å². The molecule has 3 rings (SSSR count). The predicted octanol–water partition coefficient (Wildman–Crippen LogP) is 2.23.